The van der Waals surface area contributed by atoms with Gasteiger partial charge >= 0.3 is 0 Å². The van der Waals surface area contributed by atoms with Crippen molar-refractivity contribution in [3.63, 3.8) is 0 Å². The second-order valence-corrected chi connectivity index (χ2v) is 6.14. The highest BCUT2D eigenvalue weighted by Crippen LogP contribution is 2.32. The van der Waals surface area contributed by atoms with Crippen LogP contribution in [0.2, 0.25) is 0 Å². The van der Waals surface area contributed by atoms with Crippen molar-refractivity contribution in [1.29, 1.82) is 0 Å². The second kappa shape index (κ2) is 7.77. The highest BCUT2D eigenvalue weighted by Gasteiger charge is 2.22. The molecule has 0 bridgehead atoms. The summed E-state index contributed by atoms with van der Waals surface area (Å²) in [7, 11) is 0. The predicted octanol–water partition coefficient (Wildman–Crippen LogP) is 4.93. The Morgan fingerprint density at radius 3 is 2.26 bits per heavy atom. The minimum atomic E-state index is -0.0455. The number of ether oxygens (including phenoxy) is 1. The predicted molar refractivity (Wildman–Crippen MR) is 94.9 cm³/mol. The molecule has 0 radical (unpaired) electrons. The van der Waals surface area contributed by atoms with Crippen LogP contribution in [0.25, 0.3) is 0 Å². The minimum absolute atomic E-state index is 0.0455. The molecule has 2 heteroatoms. The number of carbonyl (C=O) groups is 1. The number of allylic oxidation sites excluding steroid dienone is 1. The first-order chi connectivity index (χ1) is 11.0. The summed E-state index contributed by atoms with van der Waals surface area (Å²) in [4.78, 5) is 11.1. The van der Waals surface area contributed by atoms with E-state index < -0.39 is 0 Å². The highest BCUT2D eigenvalue weighted by atomic mass is 16.5. The fourth-order valence-electron chi connectivity index (χ4n) is 2.53. The van der Waals surface area contributed by atoms with Gasteiger partial charge < -0.3 is 4.74 Å². The first kappa shape index (κ1) is 17.0. The molecule has 0 aromatic heterocycles. The molecule has 0 spiro atoms. The van der Waals surface area contributed by atoms with Crippen molar-refractivity contribution in [1.82, 2.24) is 0 Å². The van der Waals surface area contributed by atoms with E-state index in [0.717, 1.165) is 5.75 Å². The van der Waals surface area contributed by atoms with Gasteiger partial charge in [-0.25, -0.2) is 0 Å². The molecule has 2 aromatic rings. The zero-order valence-electron chi connectivity index (χ0n) is 13.9. The lowest BCUT2D eigenvalue weighted by Crippen LogP contribution is -2.18. The molecule has 0 saturated heterocycles. The molecular weight excluding hydrogens is 284 g/mol. The van der Waals surface area contributed by atoms with Crippen LogP contribution >= 0.6 is 0 Å². The molecule has 0 aliphatic carbocycles. The Balaban J connectivity index is 1.96. The number of hydrogen-bond acceptors (Lipinski definition) is 2. The minimum Gasteiger partial charge on any atom is -0.494 e. The Kier molecular flexibility index (Phi) is 5.75. The van der Waals surface area contributed by atoms with E-state index in [1.807, 2.05) is 18.2 Å². The molecule has 2 aromatic carbocycles. The number of ketones is 1. The second-order valence-electron chi connectivity index (χ2n) is 6.14. The van der Waals surface area contributed by atoms with Gasteiger partial charge in [0.15, 0.2) is 5.78 Å². The first-order valence-electron chi connectivity index (χ1n) is 7.98. The molecule has 0 amide bonds. The standard InChI is InChI=1S/C21H24O2/c1-4-19(22)11-8-16-23-20-14-12-18(13-15-20)21(2,3)17-9-6-5-7-10-17/h4-7,9-10,12-15H,1,8,11,16H2,2-3H3. The Hall–Kier alpha value is -2.35. The van der Waals surface area contributed by atoms with Crippen molar-refractivity contribution in [3.05, 3.63) is 78.4 Å². The van der Waals surface area contributed by atoms with Crippen molar-refractivity contribution in [2.75, 3.05) is 6.61 Å². The third kappa shape index (κ3) is 4.56. The Morgan fingerprint density at radius 2 is 1.65 bits per heavy atom. The molecule has 2 nitrogen and oxygen atoms in total. The fraction of sp³-hybridized carbons (Fsp3) is 0.286. The number of hydrogen-bond donors (Lipinski definition) is 0. The lowest BCUT2D eigenvalue weighted by molar-refractivity contribution is -0.114. The van der Waals surface area contributed by atoms with Crippen molar-refractivity contribution in [2.24, 2.45) is 0 Å². The van der Waals surface area contributed by atoms with Gasteiger partial charge in [-0.05, 0) is 35.8 Å². The summed E-state index contributed by atoms with van der Waals surface area (Å²) in [5, 5.41) is 0. The molecule has 120 valence electrons. The average molecular weight is 308 g/mol. The molecule has 0 aliphatic heterocycles. The SMILES string of the molecule is C=CC(=O)CCCOc1ccc(C(C)(C)c2ccccc2)cc1. The monoisotopic (exact) mass is 308 g/mol. The summed E-state index contributed by atoms with van der Waals surface area (Å²) in [6, 6.07) is 18.7. The van der Waals surface area contributed by atoms with Crippen molar-refractivity contribution in [3.8, 4) is 5.75 Å². The summed E-state index contributed by atoms with van der Waals surface area (Å²) in [5.41, 5.74) is 2.49. The number of benzene rings is 2. The molecule has 0 fully saturated rings. The topological polar surface area (TPSA) is 26.3 Å². The van der Waals surface area contributed by atoms with Gasteiger partial charge in [-0.3, -0.25) is 4.79 Å². The van der Waals surface area contributed by atoms with E-state index in [9.17, 15) is 4.79 Å². The molecule has 0 aliphatic rings. The summed E-state index contributed by atoms with van der Waals surface area (Å²) in [5.74, 6) is 0.900. The molecule has 23 heavy (non-hydrogen) atoms. The maximum atomic E-state index is 11.1. The van der Waals surface area contributed by atoms with E-state index in [0.29, 0.717) is 19.4 Å². The van der Waals surface area contributed by atoms with Gasteiger partial charge in [0.2, 0.25) is 0 Å². The Bertz CT molecular complexity index is 639. The summed E-state index contributed by atoms with van der Waals surface area (Å²) in [6.45, 7) is 8.45. The van der Waals surface area contributed by atoms with Gasteiger partial charge in [0.25, 0.3) is 0 Å². The maximum Gasteiger partial charge on any atom is 0.155 e. The van der Waals surface area contributed by atoms with Crippen molar-refractivity contribution < 1.29 is 9.53 Å². The van der Waals surface area contributed by atoms with Crippen LogP contribution in [0.4, 0.5) is 0 Å². The molecule has 2 rings (SSSR count). The van der Waals surface area contributed by atoms with Gasteiger partial charge in [0.05, 0.1) is 6.61 Å². The van der Waals surface area contributed by atoms with E-state index in [1.165, 1.54) is 17.2 Å². The summed E-state index contributed by atoms with van der Waals surface area (Å²) < 4.78 is 5.69. The first-order valence-corrected chi connectivity index (χ1v) is 7.98. The normalized spacial score (nSPS) is 11.0. The lowest BCUT2D eigenvalue weighted by atomic mass is 9.78. The smallest absolute Gasteiger partial charge is 0.155 e. The number of carbonyl (C=O) groups excluding carboxylic acids is 1. The molecule has 0 unspecified atom stereocenters. The Morgan fingerprint density at radius 1 is 1.04 bits per heavy atom. The van der Waals surface area contributed by atoms with E-state index in [2.05, 4.69) is 56.8 Å². The number of rotatable bonds is 8. The summed E-state index contributed by atoms with van der Waals surface area (Å²) >= 11 is 0. The van der Waals surface area contributed by atoms with Crippen molar-refractivity contribution >= 4 is 5.78 Å². The Labute approximate surface area is 138 Å². The molecule has 0 heterocycles. The van der Waals surface area contributed by atoms with E-state index in [-0.39, 0.29) is 11.2 Å². The molecule has 0 atom stereocenters. The average Bonchev–Trinajstić information content (AvgIpc) is 2.59. The zero-order chi connectivity index (χ0) is 16.7. The van der Waals surface area contributed by atoms with E-state index in [1.54, 1.807) is 0 Å². The third-order valence-corrected chi connectivity index (χ3v) is 4.14. The van der Waals surface area contributed by atoms with Gasteiger partial charge in [-0.2, -0.15) is 0 Å². The van der Waals surface area contributed by atoms with Crippen LogP contribution in [0.1, 0.15) is 37.8 Å². The largest absolute Gasteiger partial charge is 0.494 e. The summed E-state index contributed by atoms with van der Waals surface area (Å²) in [6.07, 6.45) is 2.56. The van der Waals surface area contributed by atoms with Crippen LogP contribution in [-0.4, -0.2) is 12.4 Å². The van der Waals surface area contributed by atoms with Crippen LogP contribution in [0, 0.1) is 0 Å². The molecule has 0 N–H and O–H groups in total. The lowest BCUT2D eigenvalue weighted by Gasteiger charge is -2.26. The maximum absolute atomic E-state index is 11.1. The van der Waals surface area contributed by atoms with Gasteiger partial charge in [0, 0.05) is 11.8 Å². The van der Waals surface area contributed by atoms with E-state index >= 15 is 0 Å². The van der Waals surface area contributed by atoms with Gasteiger partial charge in [0.1, 0.15) is 5.75 Å². The third-order valence-electron chi connectivity index (χ3n) is 4.14. The van der Waals surface area contributed by atoms with Crippen LogP contribution < -0.4 is 4.74 Å². The zero-order valence-corrected chi connectivity index (χ0v) is 13.9. The van der Waals surface area contributed by atoms with Crippen LogP contribution in [0.3, 0.4) is 0 Å². The quantitative estimate of drug-likeness (QED) is 0.511. The fourth-order valence-corrected chi connectivity index (χ4v) is 2.53. The molecular formula is C21H24O2. The molecule has 0 saturated carbocycles. The highest BCUT2D eigenvalue weighted by molar-refractivity contribution is 5.88. The van der Waals surface area contributed by atoms with Gasteiger partial charge in [-0.1, -0.05) is 62.9 Å². The van der Waals surface area contributed by atoms with Crippen molar-refractivity contribution in [2.45, 2.75) is 32.1 Å². The van der Waals surface area contributed by atoms with Crippen LogP contribution in [0.5, 0.6) is 5.75 Å². The van der Waals surface area contributed by atoms with E-state index in [4.69, 9.17) is 4.74 Å². The van der Waals surface area contributed by atoms with Crippen LogP contribution in [-0.2, 0) is 10.2 Å². The van der Waals surface area contributed by atoms with Gasteiger partial charge in [-0.15, -0.1) is 0 Å². The van der Waals surface area contributed by atoms with Crippen LogP contribution in [0.15, 0.2) is 67.3 Å².